The smallest absolute Gasteiger partial charge is 0.410 e. The summed E-state index contributed by atoms with van der Waals surface area (Å²) in [7, 11) is 0. The average Bonchev–Trinajstić information content (AvgIpc) is 2.59. The Balaban J connectivity index is 2.81. The molecule has 0 aromatic rings. The van der Waals surface area contributed by atoms with Gasteiger partial charge in [0.2, 0.25) is 5.91 Å². The first-order valence-corrected chi connectivity index (χ1v) is 5.57. The molecule has 1 rings (SSSR count). The maximum Gasteiger partial charge on any atom is 0.410 e. The van der Waals surface area contributed by atoms with Crippen LogP contribution < -0.4 is 5.73 Å². The van der Waals surface area contributed by atoms with Crippen molar-refractivity contribution in [2.75, 3.05) is 6.54 Å². The summed E-state index contributed by atoms with van der Waals surface area (Å²) in [6.45, 7) is 5.33. The van der Waals surface area contributed by atoms with Gasteiger partial charge in [-0.15, -0.1) is 0 Å². The number of nitrogens with zero attached hydrogens (tertiary/aromatic N) is 4. The van der Waals surface area contributed by atoms with Gasteiger partial charge in [0.05, 0.1) is 6.04 Å². The molecular weight excluding hydrogens is 238 g/mol. The summed E-state index contributed by atoms with van der Waals surface area (Å²) < 4.78 is 5.17. The number of ether oxygens (including phenoxy) is 1. The number of rotatable bonds is 2. The lowest BCUT2D eigenvalue weighted by Crippen LogP contribution is -2.45. The van der Waals surface area contributed by atoms with E-state index < -0.39 is 29.7 Å². The summed E-state index contributed by atoms with van der Waals surface area (Å²) in [5.41, 5.74) is 12.9. The summed E-state index contributed by atoms with van der Waals surface area (Å²) in [6.07, 6.45) is -0.388. The molecule has 2 N–H and O–H groups in total. The number of nitrogens with two attached hydrogens (primary N) is 1. The highest BCUT2D eigenvalue weighted by molar-refractivity contribution is 5.85. The molecule has 0 saturated carbocycles. The predicted molar refractivity (Wildman–Crippen MR) is 63.5 cm³/mol. The van der Waals surface area contributed by atoms with Gasteiger partial charge in [-0.25, -0.2) is 4.79 Å². The van der Waals surface area contributed by atoms with Crippen LogP contribution in [0.5, 0.6) is 0 Å². The van der Waals surface area contributed by atoms with Crippen molar-refractivity contribution in [1.29, 1.82) is 0 Å². The van der Waals surface area contributed by atoms with Gasteiger partial charge in [0.15, 0.2) is 0 Å². The number of primary amides is 1. The minimum atomic E-state index is -0.782. The SMILES string of the molecule is CC(C)(C)OC(=O)N1CC(N=[N+]=[N-])CC1C(N)=O. The van der Waals surface area contributed by atoms with Crippen LogP contribution in [-0.2, 0) is 9.53 Å². The van der Waals surface area contributed by atoms with Gasteiger partial charge < -0.3 is 10.5 Å². The van der Waals surface area contributed by atoms with E-state index in [1.807, 2.05) is 0 Å². The van der Waals surface area contributed by atoms with Gasteiger partial charge in [-0.1, -0.05) is 5.11 Å². The van der Waals surface area contributed by atoms with Gasteiger partial charge in [-0.2, -0.15) is 0 Å². The van der Waals surface area contributed by atoms with Gasteiger partial charge in [0.25, 0.3) is 0 Å². The number of hydrogen-bond donors (Lipinski definition) is 1. The lowest BCUT2D eigenvalue weighted by Gasteiger charge is -2.27. The molecule has 2 amide bonds. The Bertz CT molecular complexity index is 397. The van der Waals surface area contributed by atoms with Crippen LogP contribution in [0.2, 0.25) is 0 Å². The molecule has 0 radical (unpaired) electrons. The van der Waals surface area contributed by atoms with E-state index in [0.717, 1.165) is 0 Å². The van der Waals surface area contributed by atoms with Gasteiger partial charge in [0, 0.05) is 11.5 Å². The summed E-state index contributed by atoms with van der Waals surface area (Å²) >= 11 is 0. The Morgan fingerprint density at radius 3 is 2.56 bits per heavy atom. The van der Waals surface area contributed by atoms with Crippen molar-refractivity contribution in [2.45, 2.75) is 44.9 Å². The van der Waals surface area contributed by atoms with E-state index in [-0.39, 0.29) is 13.0 Å². The van der Waals surface area contributed by atoms with E-state index in [0.29, 0.717) is 0 Å². The first-order valence-electron chi connectivity index (χ1n) is 5.57. The minimum Gasteiger partial charge on any atom is -0.444 e. The lowest BCUT2D eigenvalue weighted by molar-refractivity contribution is -0.122. The maximum absolute atomic E-state index is 11.9. The lowest BCUT2D eigenvalue weighted by atomic mass is 10.2. The molecule has 0 spiro atoms. The average molecular weight is 255 g/mol. The number of carbonyl (C=O) groups excluding carboxylic acids is 2. The number of azide groups is 1. The summed E-state index contributed by atoms with van der Waals surface area (Å²) in [4.78, 5) is 27.0. The van der Waals surface area contributed by atoms with E-state index in [2.05, 4.69) is 10.0 Å². The molecule has 2 unspecified atom stereocenters. The molecule has 100 valence electrons. The molecule has 0 aromatic carbocycles. The normalized spacial score (nSPS) is 23.4. The van der Waals surface area contributed by atoms with Crippen LogP contribution in [0.3, 0.4) is 0 Å². The Kier molecular flexibility index (Phi) is 4.03. The van der Waals surface area contributed by atoms with Crippen molar-refractivity contribution < 1.29 is 14.3 Å². The molecule has 1 saturated heterocycles. The Morgan fingerprint density at radius 2 is 2.11 bits per heavy atom. The fourth-order valence-electron chi connectivity index (χ4n) is 1.76. The molecule has 0 aromatic heterocycles. The number of likely N-dealkylation sites (tertiary alicyclic amines) is 1. The third kappa shape index (κ3) is 3.53. The predicted octanol–water partition coefficient (Wildman–Crippen LogP) is 1.16. The second-order valence-corrected chi connectivity index (χ2v) is 5.15. The molecule has 0 bridgehead atoms. The molecule has 8 nitrogen and oxygen atoms in total. The number of hydrogen-bond acceptors (Lipinski definition) is 4. The van der Waals surface area contributed by atoms with Gasteiger partial charge >= 0.3 is 6.09 Å². The van der Waals surface area contributed by atoms with Crippen LogP contribution >= 0.6 is 0 Å². The van der Waals surface area contributed by atoms with Gasteiger partial charge in [-0.05, 0) is 32.7 Å². The first-order chi connectivity index (χ1) is 8.24. The van der Waals surface area contributed by atoms with Crippen molar-refractivity contribution in [1.82, 2.24) is 4.90 Å². The highest BCUT2D eigenvalue weighted by Gasteiger charge is 2.40. The van der Waals surface area contributed by atoms with Crippen LogP contribution in [0.4, 0.5) is 4.79 Å². The van der Waals surface area contributed by atoms with E-state index in [1.54, 1.807) is 20.8 Å². The van der Waals surface area contributed by atoms with E-state index in [4.69, 9.17) is 16.0 Å². The van der Waals surface area contributed by atoms with Gasteiger partial charge in [-0.3, -0.25) is 9.69 Å². The minimum absolute atomic E-state index is 0.145. The Morgan fingerprint density at radius 1 is 1.50 bits per heavy atom. The second-order valence-electron chi connectivity index (χ2n) is 5.15. The topological polar surface area (TPSA) is 121 Å². The molecule has 1 heterocycles. The number of carbonyl (C=O) groups is 2. The fourth-order valence-corrected chi connectivity index (χ4v) is 1.76. The van der Waals surface area contributed by atoms with E-state index in [1.165, 1.54) is 4.90 Å². The molecular formula is C10H17N5O3. The summed E-state index contributed by atoms with van der Waals surface area (Å²) in [6, 6.07) is -1.23. The molecule has 1 fully saturated rings. The van der Waals surface area contributed by atoms with Crippen molar-refractivity contribution in [3.8, 4) is 0 Å². The standard InChI is InChI=1S/C10H17N5O3/c1-10(2,3)18-9(17)15-5-6(13-14-12)4-7(15)8(11)16/h6-7H,4-5H2,1-3H3,(H2,11,16). The van der Waals surface area contributed by atoms with E-state index in [9.17, 15) is 9.59 Å². The Labute approximate surface area is 105 Å². The van der Waals surface area contributed by atoms with Crippen LogP contribution in [-0.4, -0.2) is 41.1 Å². The zero-order valence-electron chi connectivity index (χ0n) is 10.7. The van der Waals surface area contributed by atoms with Gasteiger partial charge in [0.1, 0.15) is 11.6 Å². The molecule has 18 heavy (non-hydrogen) atoms. The molecule has 1 aliphatic heterocycles. The third-order valence-corrected chi connectivity index (χ3v) is 2.45. The third-order valence-electron chi connectivity index (χ3n) is 2.45. The second kappa shape index (κ2) is 5.14. The largest absolute Gasteiger partial charge is 0.444 e. The van der Waals surface area contributed by atoms with Crippen LogP contribution in [0.15, 0.2) is 5.11 Å². The molecule has 2 atom stereocenters. The van der Waals surface area contributed by atoms with E-state index >= 15 is 0 Å². The zero-order chi connectivity index (χ0) is 13.9. The quantitative estimate of drug-likeness (QED) is 0.452. The molecule has 0 aliphatic carbocycles. The van der Waals surface area contributed by atoms with Crippen molar-refractivity contribution >= 4 is 12.0 Å². The van der Waals surface area contributed by atoms with Crippen LogP contribution in [0.1, 0.15) is 27.2 Å². The molecule has 1 aliphatic rings. The maximum atomic E-state index is 11.9. The fraction of sp³-hybridized carbons (Fsp3) is 0.800. The van der Waals surface area contributed by atoms with Crippen molar-refractivity contribution in [2.24, 2.45) is 10.8 Å². The van der Waals surface area contributed by atoms with Crippen LogP contribution in [0, 0.1) is 0 Å². The summed E-state index contributed by atoms with van der Waals surface area (Å²) in [5, 5.41) is 3.51. The Hall–Kier alpha value is -1.95. The van der Waals surface area contributed by atoms with Crippen molar-refractivity contribution in [3.63, 3.8) is 0 Å². The first kappa shape index (κ1) is 14.1. The van der Waals surface area contributed by atoms with Crippen molar-refractivity contribution in [3.05, 3.63) is 10.4 Å². The van der Waals surface area contributed by atoms with Crippen LogP contribution in [0.25, 0.3) is 10.4 Å². The highest BCUT2D eigenvalue weighted by Crippen LogP contribution is 2.23. The zero-order valence-corrected chi connectivity index (χ0v) is 10.7. The summed E-state index contributed by atoms with van der Waals surface area (Å²) in [5.74, 6) is -0.628. The number of amides is 2. The molecule has 8 heteroatoms. The monoisotopic (exact) mass is 255 g/mol. The highest BCUT2D eigenvalue weighted by atomic mass is 16.6.